The average molecular weight is 219 g/mol. The summed E-state index contributed by atoms with van der Waals surface area (Å²) in [5.41, 5.74) is -0.789. The van der Waals surface area contributed by atoms with Crippen molar-refractivity contribution >= 4 is 10.0 Å². The first-order chi connectivity index (χ1) is 6.43. The van der Waals surface area contributed by atoms with Crippen LogP contribution in [0.1, 0.15) is 19.8 Å². The SMILES string of the molecule is C=CCS(=O)(=O)N1CC(O)(CCC)C1. The highest BCUT2D eigenvalue weighted by Crippen LogP contribution is 2.28. The topological polar surface area (TPSA) is 57.6 Å². The molecule has 0 unspecified atom stereocenters. The lowest BCUT2D eigenvalue weighted by Gasteiger charge is -2.45. The number of hydrogen-bond acceptors (Lipinski definition) is 3. The second kappa shape index (κ2) is 4.00. The molecule has 0 spiro atoms. The lowest BCUT2D eigenvalue weighted by Crippen LogP contribution is -2.63. The Hall–Kier alpha value is -0.390. The Balaban J connectivity index is 2.52. The molecular formula is C9H17NO3S. The number of sulfonamides is 1. The van der Waals surface area contributed by atoms with E-state index in [1.54, 1.807) is 0 Å². The fraction of sp³-hybridized carbons (Fsp3) is 0.778. The molecule has 0 atom stereocenters. The molecule has 1 aliphatic heterocycles. The zero-order chi connectivity index (χ0) is 10.8. The van der Waals surface area contributed by atoms with Gasteiger partial charge in [-0.2, -0.15) is 4.31 Å². The normalized spacial score (nSPS) is 21.6. The Morgan fingerprint density at radius 2 is 2.14 bits per heavy atom. The summed E-state index contributed by atoms with van der Waals surface area (Å²) in [6, 6.07) is 0. The van der Waals surface area contributed by atoms with Crippen molar-refractivity contribution in [3.05, 3.63) is 12.7 Å². The molecule has 1 fully saturated rings. The number of aliphatic hydroxyl groups is 1. The summed E-state index contributed by atoms with van der Waals surface area (Å²) in [6.45, 7) is 5.83. The van der Waals surface area contributed by atoms with E-state index in [2.05, 4.69) is 6.58 Å². The molecule has 1 rings (SSSR count). The largest absolute Gasteiger partial charge is 0.387 e. The van der Waals surface area contributed by atoms with Gasteiger partial charge in [0.1, 0.15) is 0 Å². The van der Waals surface area contributed by atoms with Crippen LogP contribution < -0.4 is 0 Å². The minimum atomic E-state index is -3.21. The fourth-order valence-electron chi connectivity index (χ4n) is 1.68. The summed E-state index contributed by atoms with van der Waals surface area (Å²) in [5.74, 6) is -0.0464. The zero-order valence-electron chi connectivity index (χ0n) is 8.44. The summed E-state index contributed by atoms with van der Waals surface area (Å²) < 4.78 is 24.2. The lowest BCUT2D eigenvalue weighted by molar-refractivity contribution is -0.0652. The molecule has 0 amide bonds. The van der Waals surface area contributed by atoms with Crippen LogP contribution in [0.2, 0.25) is 0 Å². The van der Waals surface area contributed by atoms with Gasteiger partial charge in [-0.1, -0.05) is 19.4 Å². The summed E-state index contributed by atoms with van der Waals surface area (Å²) in [6.07, 6.45) is 2.89. The van der Waals surface area contributed by atoms with Crippen molar-refractivity contribution in [2.45, 2.75) is 25.4 Å². The maximum atomic E-state index is 11.4. The van der Waals surface area contributed by atoms with E-state index in [4.69, 9.17) is 0 Å². The van der Waals surface area contributed by atoms with Crippen molar-refractivity contribution in [1.29, 1.82) is 0 Å². The Morgan fingerprint density at radius 1 is 1.57 bits per heavy atom. The first kappa shape index (κ1) is 11.7. The van der Waals surface area contributed by atoms with Crippen molar-refractivity contribution in [2.75, 3.05) is 18.8 Å². The highest BCUT2D eigenvalue weighted by atomic mass is 32.2. The minimum absolute atomic E-state index is 0.0464. The van der Waals surface area contributed by atoms with Gasteiger partial charge in [0.2, 0.25) is 10.0 Å². The molecule has 1 N–H and O–H groups in total. The molecule has 1 heterocycles. The maximum Gasteiger partial charge on any atom is 0.217 e. The molecule has 0 radical (unpaired) electrons. The Labute approximate surface area is 85.3 Å². The van der Waals surface area contributed by atoms with Gasteiger partial charge in [0.15, 0.2) is 0 Å². The number of hydrogen-bond donors (Lipinski definition) is 1. The molecule has 82 valence electrons. The van der Waals surface area contributed by atoms with Gasteiger partial charge in [-0.25, -0.2) is 8.42 Å². The quantitative estimate of drug-likeness (QED) is 0.679. The highest BCUT2D eigenvalue weighted by Gasteiger charge is 2.45. The molecule has 0 bridgehead atoms. The monoisotopic (exact) mass is 219 g/mol. The Kier molecular flexibility index (Phi) is 3.34. The third kappa shape index (κ3) is 2.34. The van der Waals surface area contributed by atoms with Crippen molar-refractivity contribution in [1.82, 2.24) is 4.31 Å². The molecule has 1 saturated heterocycles. The van der Waals surface area contributed by atoms with Crippen LogP contribution >= 0.6 is 0 Å². The lowest BCUT2D eigenvalue weighted by atomic mass is 9.92. The fourth-order valence-corrected chi connectivity index (χ4v) is 3.07. The molecule has 0 aromatic rings. The molecule has 1 aliphatic rings. The molecule has 0 aromatic carbocycles. The van der Waals surface area contributed by atoms with Crippen molar-refractivity contribution in [2.24, 2.45) is 0 Å². The van der Waals surface area contributed by atoms with Crippen LogP contribution in [0.25, 0.3) is 0 Å². The van der Waals surface area contributed by atoms with Gasteiger partial charge in [0, 0.05) is 13.1 Å². The molecule has 14 heavy (non-hydrogen) atoms. The standard InChI is InChI=1S/C9H17NO3S/c1-3-5-9(11)7-10(8-9)14(12,13)6-4-2/h4,11H,2-3,5-8H2,1H3. The summed E-state index contributed by atoms with van der Waals surface area (Å²) in [5, 5.41) is 9.78. The predicted molar refractivity (Wildman–Crippen MR) is 55.4 cm³/mol. The van der Waals surface area contributed by atoms with E-state index in [0.717, 1.165) is 6.42 Å². The summed E-state index contributed by atoms with van der Waals surface area (Å²) in [7, 11) is -3.21. The number of rotatable bonds is 5. The van der Waals surface area contributed by atoms with Crippen LogP contribution in [0, 0.1) is 0 Å². The molecule has 0 aliphatic carbocycles. The number of β-amino-alcohol motifs (C(OH)–C–C–N with tert-alkyl or cyclic N) is 1. The van der Waals surface area contributed by atoms with E-state index < -0.39 is 15.6 Å². The van der Waals surface area contributed by atoms with Crippen LogP contribution in [0.4, 0.5) is 0 Å². The first-order valence-corrected chi connectivity index (χ1v) is 6.35. The van der Waals surface area contributed by atoms with Gasteiger partial charge in [-0.05, 0) is 6.42 Å². The second-order valence-corrected chi connectivity index (χ2v) is 5.82. The molecule has 5 heteroatoms. The molecular weight excluding hydrogens is 202 g/mol. The van der Waals surface area contributed by atoms with Crippen molar-refractivity contribution in [3.8, 4) is 0 Å². The summed E-state index contributed by atoms with van der Waals surface area (Å²) in [4.78, 5) is 0. The van der Waals surface area contributed by atoms with Crippen LogP contribution in [0.15, 0.2) is 12.7 Å². The van der Waals surface area contributed by atoms with E-state index in [1.807, 2.05) is 6.92 Å². The Morgan fingerprint density at radius 3 is 2.57 bits per heavy atom. The van der Waals surface area contributed by atoms with E-state index in [0.29, 0.717) is 6.42 Å². The van der Waals surface area contributed by atoms with E-state index >= 15 is 0 Å². The zero-order valence-corrected chi connectivity index (χ0v) is 9.26. The third-order valence-electron chi connectivity index (χ3n) is 2.38. The molecule has 0 aromatic heterocycles. The van der Waals surface area contributed by atoms with Crippen LogP contribution in [-0.4, -0.2) is 42.3 Å². The minimum Gasteiger partial charge on any atom is -0.387 e. The van der Waals surface area contributed by atoms with Gasteiger partial charge < -0.3 is 5.11 Å². The maximum absolute atomic E-state index is 11.4. The van der Waals surface area contributed by atoms with Crippen molar-refractivity contribution in [3.63, 3.8) is 0 Å². The third-order valence-corrected chi connectivity index (χ3v) is 4.08. The van der Waals surface area contributed by atoms with Crippen LogP contribution in [-0.2, 0) is 10.0 Å². The van der Waals surface area contributed by atoms with E-state index in [9.17, 15) is 13.5 Å². The smallest absolute Gasteiger partial charge is 0.217 e. The van der Waals surface area contributed by atoms with E-state index in [1.165, 1.54) is 10.4 Å². The number of nitrogens with zero attached hydrogens (tertiary/aromatic N) is 1. The van der Waals surface area contributed by atoms with Gasteiger partial charge in [-0.3, -0.25) is 0 Å². The van der Waals surface area contributed by atoms with E-state index in [-0.39, 0.29) is 18.8 Å². The average Bonchev–Trinajstić information content (AvgIpc) is 2.00. The van der Waals surface area contributed by atoms with Gasteiger partial charge in [0.25, 0.3) is 0 Å². The van der Waals surface area contributed by atoms with Gasteiger partial charge >= 0.3 is 0 Å². The predicted octanol–water partition coefficient (Wildman–Crippen LogP) is 0.349. The molecule has 4 nitrogen and oxygen atoms in total. The van der Waals surface area contributed by atoms with Crippen LogP contribution in [0.3, 0.4) is 0 Å². The summed E-state index contributed by atoms with van der Waals surface area (Å²) >= 11 is 0. The van der Waals surface area contributed by atoms with Gasteiger partial charge in [0.05, 0.1) is 11.4 Å². The second-order valence-electron chi connectivity index (χ2n) is 3.81. The molecule has 0 saturated carbocycles. The highest BCUT2D eigenvalue weighted by molar-refractivity contribution is 7.89. The van der Waals surface area contributed by atoms with Gasteiger partial charge in [-0.15, -0.1) is 6.58 Å². The first-order valence-electron chi connectivity index (χ1n) is 4.74. The van der Waals surface area contributed by atoms with Crippen molar-refractivity contribution < 1.29 is 13.5 Å². The Bertz CT molecular complexity index is 304. The van der Waals surface area contributed by atoms with Crippen LogP contribution in [0.5, 0.6) is 0 Å².